The van der Waals surface area contributed by atoms with Crippen molar-refractivity contribution in [1.82, 2.24) is 10.2 Å². The summed E-state index contributed by atoms with van der Waals surface area (Å²) in [7, 11) is 4.08. The molecule has 0 bridgehead atoms. The zero-order valence-electron chi connectivity index (χ0n) is 13.3. The number of quaternary nitrogens is 1. The first-order valence-electron chi connectivity index (χ1n) is 7.97. The molecule has 1 unspecified atom stereocenters. The van der Waals surface area contributed by atoms with Gasteiger partial charge in [-0.3, -0.25) is 19.5 Å². The molecule has 2 fully saturated rings. The van der Waals surface area contributed by atoms with Crippen LogP contribution in [0, 0.1) is 5.92 Å². The Hall–Kier alpha value is -1.34. The summed E-state index contributed by atoms with van der Waals surface area (Å²) in [6.45, 7) is 1.47. The number of carbonyl (C=O) groups is 2. The summed E-state index contributed by atoms with van der Waals surface area (Å²) in [5.74, 6) is -1.42. The van der Waals surface area contributed by atoms with E-state index in [9.17, 15) is 9.59 Å². The molecule has 122 valence electrons. The highest BCUT2D eigenvalue weighted by molar-refractivity contribution is 7.80. The predicted octanol–water partition coefficient (Wildman–Crippen LogP) is -0.606. The SMILES string of the molecule is C[NH+](C)CCN=CC1C(=O)NC(=S)N(C2CCCCC2)C1=O. The van der Waals surface area contributed by atoms with Gasteiger partial charge in [-0.1, -0.05) is 19.3 Å². The molecular formula is C15H25N4O2S+. The van der Waals surface area contributed by atoms with Crippen molar-refractivity contribution in [3.8, 4) is 0 Å². The second-order valence-electron chi connectivity index (χ2n) is 6.28. The first kappa shape index (κ1) is 17.0. The van der Waals surface area contributed by atoms with Crippen LogP contribution in [0.15, 0.2) is 4.99 Å². The van der Waals surface area contributed by atoms with Gasteiger partial charge in [0.25, 0.3) is 0 Å². The van der Waals surface area contributed by atoms with Crippen LogP contribution >= 0.6 is 12.2 Å². The van der Waals surface area contributed by atoms with Gasteiger partial charge in [-0.25, -0.2) is 0 Å². The van der Waals surface area contributed by atoms with Crippen LogP contribution in [0.4, 0.5) is 0 Å². The topological polar surface area (TPSA) is 66.2 Å². The molecule has 2 amide bonds. The van der Waals surface area contributed by atoms with E-state index in [-0.39, 0.29) is 23.0 Å². The molecule has 0 radical (unpaired) electrons. The first-order valence-corrected chi connectivity index (χ1v) is 8.38. The standard InChI is InChI=1S/C15H24N4O2S/c1-18(2)9-8-16-10-12-13(20)17-15(22)19(14(12)21)11-6-4-3-5-7-11/h10-12H,3-9H2,1-2H3,(H,17,20,22)/p+1. The zero-order chi connectivity index (χ0) is 16.1. The van der Waals surface area contributed by atoms with Gasteiger partial charge in [0.1, 0.15) is 0 Å². The van der Waals surface area contributed by atoms with Crippen LogP contribution in [0.5, 0.6) is 0 Å². The van der Waals surface area contributed by atoms with E-state index < -0.39 is 5.92 Å². The monoisotopic (exact) mass is 325 g/mol. The van der Waals surface area contributed by atoms with Gasteiger partial charge in [-0.15, -0.1) is 0 Å². The molecule has 2 rings (SSSR count). The fourth-order valence-corrected chi connectivity index (χ4v) is 3.23. The van der Waals surface area contributed by atoms with Crippen molar-refractivity contribution in [2.24, 2.45) is 10.9 Å². The van der Waals surface area contributed by atoms with Crippen molar-refractivity contribution < 1.29 is 14.5 Å². The van der Waals surface area contributed by atoms with Crippen molar-refractivity contribution >= 4 is 35.4 Å². The summed E-state index contributed by atoms with van der Waals surface area (Å²) >= 11 is 5.21. The maximum absolute atomic E-state index is 12.7. The lowest BCUT2D eigenvalue weighted by Crippen LogP contribution is -3.06. The van der Waals surface area contributed by atoms with Gasteiger partial charge < -0.3 is 10.2 Å². The Labute approximate surface area is 136 Å². The van der Waals surface area contributed by atoms with E-state index in [1.807, 2.05) is 14.1 Å². The zero-order valence-corrected chi connectivity index (χ0v) is 14.1. The Morgan fingerprint density at radius 1 is 1.32 bits per heavy atom. The minimum Gasteiger partial charge on any atom is -0.338 e. The third-order valence-electron chi connectivity index (χ3n) is 4.17. The second kappa shape index (κ2) is 7.78. The molecule has 0 aromatic carbocycles. The van der Waals surface area contributed by atoms with E-state index in [4.69, 9.17) is 12.2 Å². The Morgan fingerprint density at radius 3 is 2.64 bits per heavy atom. The van der Waals surface area contributed by atoms with Crippen LogP contribution in [0.25, 0.3) is 0 Å². The van der Waals surface area contributed by atoms with E-state index in [2.05, 4.69) is 10.3 Å². The average molecular weight is 325 g/mol. The highest BCUT2D eigenvalue weighted by Gasteiger charge is 2.40. The molecular weight excluding hydrogens is 300 g/mol. The van der Waals surface area contributed by atoms with Crippen LogP contribution in [0.3, 0.4) is 0 Å². The van der Waals surface area contributed by atoms with E-state index in [1.165, 1.54) is 17.5 Å². The van der Waals surface area contributed by atoms with Crippen LogP contribution < -0.4 is 10.2 Å². The van der Waals surface area contributed by atoms with Crippen LogP contribution in [0.1, 0.15) is 32.1 Å². The molecule has 1 atom stereocenters. The fourth-order valence-electron chi connectivity index (χ4n) is 2.89. The first-order chi connectivity index (χ1) is 10.5. The van der Waals surface area contributed by atoms with Gasteiger partial charge >= 0.3 is 0 Å². The van der Waals surface area contributed by atoms with Crippen molar-refractivity contribution in [3.63, 3.8) is 0 Å². The highest BCUT2D eigenvalue weighted by atomic mass is 32.1. The van der Waals surface area contributed by atoms with Gasteiger partial charge in [0, 0.05) is 12.3 Å². The van der Waals surface area contributed by atoms with E-state index in [0.717, 1.165) is 32.2 Å². The molecule has 6 nitrogen and oxygen atoms in total. The number of amides is 2. The number of aliphatic imine (C=N–C) groups is 1. The number of hydrogen-bond acceptors (Lipinski definition) is 4. The summed E-state index contributed by atoms with van der Waals surface area (Å²) < 4.78 is 0. The van der Waals surface area contributed by atoms with E-state index in [1.54, 1.807) is 4.90 Å². The molecule has 1 saturated heterocycles. The molecule has 1 aliphatic heterocycles. The van der Waals surface area contributed by atoms with Crippen LogP contribution in [-0.4, -0.2) is 61.3 Å². The third kappa shape index (κ3) is 4.10. The molecule has 1 heterocycles. The lowest BCUT2D eigenvalue weighted by molar-refractivity contribution is -0.856. The van der Waals surface area contributed by atoms with E-state index >= 15 is 0 Å². The molecule has 0 aromatic rings. The van der Waals surface area contributed by atoms with Gasteiger partial charge in [0.2, 0.25) is 11.8 Å². The maximum Gasteiger partial charge on any atom is 0.247 e. The van der Waals surface area contributed by atoms with E-state index in [0.29, 0.717) is 6.54 Å². The summed E-state index contributed by atoms with van der Waals surface area (Å²) in [6, 6.07) is 0.122. The summed E-state index contributed by atoms with van der Waals surface area (Å²) in [5.41, 5.74) is 0. The van der Waals surface area contributed by atoms with Gasteiger partial charge in [-0.2, -0.15) is 0 Å². The normalized spacial score (nSPS) is 24.4. The minimum atomic E-state index is -0.842. The molecule has 1 aliphatic carbocycles. The number of thiocarbonyl (C=S) groups is 1. The summed E-state index contributed by atoms with van der Waals surface area (Å²) in [5, 5.41) is 2.91. The Balaban J connectivity index is 2.04. The Bertz CT molecular complexity index is 472. The molecule has 22 heavy (non-hydrogen) atoms. The van der Waals surface area contributed by atoms with Crippen molar-refractivity contribution in [3.05, 3.63) is 0 Å². The van der Waals surface area contributed by atoms with Gasteiger partial charge in [-0.05, 0) is 25.1 Å². The summed E-state index contributed by atoms with van der Waals surface area (Å²) in [6.07, 6.45) is 6.81. The van der Waals surface area contributed by atoms with Crippen molar-refractivity contribution in [1.29, 1.82) is 0 Å². The Kier molecular flexibility index (Phi) is 6.02. The lowest BCUT2D eigenvalue weighted by atomic mass is 9.92. The molecule has 1 saturated carbocycles. The minimum absolute atomic E-state index is 0.122. The quantitative estimate of drug-likeness (QED) is 0.403. The largest absolute Gasteiger partial charge is 0.338 e. The fraction of sp³-hybridized carbons (Fsp3) is 0.733. The number of nitrogens with one attached hydrogen (secondary N) is 2. The molecule has 2 aliphatic rings. The molecule has 0 aromatic heterocycles. The second-order valence-corrected chi connectivity index (χ2v) is 6.67. The van der Waals surface area contributed by atoms with Crippen molar-refractivity contribution in [2.75, 3.05) is 27.2 Å². The average Bonchev–Trinajstić information content (AvgIpc) is 2.46. The smallest absolute Gasteiger partial charge is 0.247 e. The molecule has 0 spiro atoms. The molecule has 2 N–H and O–H groups in total. The maximum atomic E-state index is 12.7. The Morgan fingerprint density at radius 2 is 2.00 bits per heavy atom. The number of carbonyl (C=O) groups excluding carboxylic acids is 2. The highest BCUT2D eigenvalue weighted by Crippen LogP contribution is 2.25. The number of rotatable bonds is 5. The van der Waals surface area contributed by atoms with Gasteiger partial charge in [0.05, 0.1) is 27.2 Å². The third-order valence-corrected chi connectivity index (χ3v) is 4.47. The number of hydrogen-bond donors (Lipinski definition) is 2. The summed E-state index contributed by atoms with van der Waals surface area (Å²) in [4.78, 5) is 31.8. The van der Waals surface area contributed by atoms with Crippen LogP contribution in [0.2, 0.25) is 0 Å². The number of nitrogens with zero attached hydrogens (tertiary/aromatic N) is 2. The number of likely N-dealkylation sites (N-methyl/N-ethyl adjacent to an activating group) is 1. The van der Waals surface area contributed by atoms with Crippen molar-refractivity contribution in [2.45, 2.75) is 38.1 Å². The predicted molar refractivity (Wildman–Crippen MR) is 89.0 cm³/mol. The lowest BCUT2D eigenvalue weighted by Gasteiger charge is -2.38. The van der Waals surface area contributed by atoms with Crippen LogP contribution in [-0.2, 0) is 9.59 Å². The van der Waals surface area contributed by atoms with Gasteiger partial charge in [0.15, 0.2) is 11.0 Å². The molecule has 7 heteroatoms.